The van der Waals surface area contributed by atoms with Crippen molar-refractivity contribution in [1.82, 2.24) is 9.62 Å². The van der Waals surface area contributed by atoms with E-state index in [0.717, 1.165) is 0 Å². The second-order valence-electron chi connectivity index (χ2n) is 6.15. The predicted molar refractivity (Wildman–Crippen MR) is 100 cm³/mol. The van der Waals surface area contributed by atoms with Crippen molar-refractivity contribution >= 4 is 27.5 Å². The van der Waals surface area contributed by atoms with Crippen molar-refractivity contribution < 1.29 is 18.0 Å². The van der Waals surface area contributed by atoms with E-state index in [2.05, 4.69) is 10.6 Å². The zero-order valence-corrected chi connectivity index (χ0v) is 15.7. The minimum absolute atomic E-state index is 0.0646. The van der Waals surface area contributed by atoms with Gasteiger partial charge in [0, 0.05) is 32.1 Å². The van der Waals surface area contributed by atoms with Gasteiger partial charge in [0.15, 0.2) is 0 Å². The largest absolute Gasteiger partial charge is 0.351 e. The van der Waals surface area contributed by atoms with Crippen molar-refractivity contribution in [2.24, 2.45) is 11.7 Å². The third-order valence-electron chi connectivity index (χ3n) is 4.44. The van der Waals surface area contributed by atoms with Gasteiger partial charge in [-0.1, -0.05) is 12.1 Å². The SMILES string of the molecule is CCS(=O)(=O)N1CCC(C(=O)Nc2ccccc2C(=O)NCCN)CC1. The molecule has 0 aromatic heterocycles. The van der Waals surface area contributed by atoms with E-state index in [4.69, 9.17) is 5.73 Å². The Balaban J connectivity index is 2.00. The molecule has 9 heteroatoms. The number of para-hydroxylation sites is 1. The highest BCUT2D eigenvalue weighted by Gasteiger charge is 2.30. The van der Waals surface area contributed by atoms with E-state index in [9.17, 15) is 18.0 Å². The maximum absolute atomic E-state index is 12.6. The highest BCUT2D eigenvalue weighted by atomic mass is 32.2. The van der Waals surface area contributed by atoms with Crippen molar-refractivity contribution in [1.29, 1.82) is 0 Å². The smallest absolute Gasteiger partial charge is 0.253 e. The quantitative estimate of drug-likeness (QED) is 0.629. The summed E-state index contributed by atoms with van der Waals surface area (Å²) < 4.78 is 25.2. The Bertz CT molecular complexity index is 743. The molecule has 0 bridgehead atoms. The van der Waals surface area contributed by atoms with Gasteiger partial charge in [-0.25, -0.2) is 12.7 Å². The van der Waals surface area contributed by atoms with Crippen LogP contribution in [0.1, 0.15) is 30.1 Å². The van der Waals surface area contributed by atoms with Gasteiger partial charge in [0.05, 0.1) is 17.0 Å². The number of hydrogen-bond acceptors (Lipinski definition) is 5. The number of anilines is 1. The summed E-state index contributed by atoms with van der Waals surface area (Å²) in [5.74, 6) is -0.707. The lowest BCUT2D eigenvalue weighted by molar-refractivity contribution is -0.120. The fourth-order valence-electron chi connectivity index (χ4n) is 2.88. The first-order chi connectivity index (χ1) is 12.4. The van der Waals surface area contributed by atoms with Gasteiger partial charge in [0.2, 0.25) is 15.9 Å². The number of carbonyl (C=O) groups is 2. The fraction of sp³-hybridized carbons (Fsp3) is 0.529. The zero-order chi connectivity index (χ0) is 19.2. The molecule has 2 amide bonds. The molecule has 1 aliphatic rings. The van der Waals surface area contributed by atoms with E-state index >= 15 is 0 Å². The van der Waals surface area contributed by atoms with E-state index in [0.29, 0.717) is 50.3 Å². The minimum Gasteiger partial charge on any atom is -0.351 e. The molecule has 1 fully saturated rings. The molecule has 8 nitrogen and oxygen atoms in total. The standard InChI is InChI=1S/C17H26N4O4S/c1-2-26(24,25)21-11-7-13(8-12-21)16(22)20-15-6-4-3-5-14(15)17(23)19-10-9-18/h3-6,13H,2,7-12,18H2,1H3,(H,19,23)(H,20,22). The Morgan fingerprint density at radius 2 is 1.88 bits per heavy atom. The topological polar surface area (TPSA) is 122 Å². The number of carbonyl (C=O) groups excluding carboxylic acids is 2. The molecule has 1 aromatic rings. The summed E-state index contributed by atoms with van der Waals surface area (Å²) in [4.78, 5) is 24.7. The molecule has 4 N–H and O–H groups in total. The number of benzene rings is 1. The van der Waals surface area contributed by atoms with Gasteiger partial charge in [-0.05, 0) is 31.9 Å². The van der Waals surface area contributed by atoms with Crippen LogP contribution in [-0.2, 0) is 14.8 Å². The molecule has 1 saturated heterocycles. The van der Waals surface area contributed by atoms with Crippen molar-refractivity contribution in [3.63, 3.8) is 0 Å². The van der Waals surface area contributed by atoms with Crippen LogP contribution in [0.3, 0.4) is 0 Å². The van der Waals surface area contributed by atoms with Gasteiger partial charge < -0.3 is 16.4 Å². The van der Waals surface area contributed by atoms with Crippen LogP contribution in [0, 0.1) is 5.92 Å². The first kappa shape index (κ1) is 20.3. The van der Waals surface area contributed by atoms with Crippen LogP contribution >= 0.6 is 0 Å². The number of nitrogens with two attached hydrogens (primary N) is 1. The van der Waals surface area contributed by atoms with Gasteiger partial charge >= 0.3 is 0 Å². The summed E-state index contributed by atoms with van der Waals surface area (Å²) in [5.41, 5.74) is 6.21. The summed E-state index contributed by atoms with van der Waals surface area (Å²) >= 11 is 0. The fourth-order valence-corrected chi connectivity index (χ4v) is 4.02. The van der Waals surface area contributed by atoms with Crippen LogP contribution in [-0.4, -0.2) is 56.5 Å². The van der Waals surface area contributed by atoms with Gasteiger partial charge in [-0.2, -0.15) is 0 Å². The van der Waals surface area contributed by atoms with Gasteiger partial charge in [-0.3, -0.25) is 9.59 Å². The third-order valence-corrected chi connectivity index (χ3v) is 6.32. The van der Waals surface area contributed by atoms with E-state index in [1.54, 1.807) is 31.2 Å². The van der Waals surface area contributed by atoms with Crippen LogP contribution in [0.25, 0.3) is 0 Å². The Morgan fingerprint density at radius 1 is 1.23 bits per heavy atom. The second-order valence-corrected chi connectivity index (χ2v) is 8.41. The Morgan fingerprint density at radius 3 is 2.50 bits per heavy atom. The molecule has 2 rings (SSSR count). The summed E-state index contributed by atoms with van der Waals surface area (Å²) in [5, 5.41) is 5.49. The summed E-state index contributed by atoms with van der Waals surface area (Å²) in [6.45, 7) is 2.98. The minimum atomic E-state index is -3.22. The van der Waals surface area contributed by atoms with Gasteiger partial charge in [0.25, 0.3) is 5.91 Å². The first-order valence-corrected chi connectivity index (χ1v) is 10.4. The zero-order valence-electron chi connectivity index (χ0n) is 14.9. The molecule has 1 aromatic carbocycles. The van der Waals surface area contributed by atoms with Crippen molar-refractivity contribution in [2.45, 2.75) is 19.8 Å². The van der Waals surface area contributed by atoms with E-state index in [-0.39, 0.29) is 23.5 Å². The molecule has 1 aliphatic heterocycles. The van der Waals surface area contributed by atoms with Crippen LogP contribution in [0.4, 0.5) is 5.69 Å². The Labute approximate surface area is 154 Å². The molecule has 0 saturated carbocycles. The lowest BCUT2D eigenvalue weighted by atomic mass is 9.97. The molecule has 0 spiro atoms. The van der Waals surface area contributed by atoms with Crippen LogP contribution in [0.5, 0.6) is 0 Å². The van der Waals surface area contributed by atoms with Crippen molar-refractivity contribution in [3.05, 3.63) is 29.8 Å². The molecule has 0 radical (unpaired) electrons. The van der Waals surface area contributed by atoms with Crippen LogP contribution < -0.4 is 16.4 Å². The summed E-state index contributed by atoms with van der Waals surface area (Å²) in [6, 6.07) is 6.77. The number of piperidine rings is 1. The number of rotatable bonds is 7. The lowest BCUT2D eigenvalue weighted by Gasteiger charge is -2.30. The monoisotopic (exact) mass is 382 g/mol. The number of amides is 2. The first-order valence-electron chi connectivity index (χ1n) is 8.75. The molecule has 0 atom stereocenters. The molecule has 1 heterocycles. The average molecular weight is 382 g/mol. The van der Waals surface area contributed by atoms with E-state index < -0.39 is 10.0 Å². The number of nitrogens with zero attached hydrogens (tertiary/aromatic N) is 1. The number of nitrogens with one attached hydrogen (secondary N) is 2. The number of hydrogen-bond donors (Lipinski definition) is 3. The van der Waals surface area contributed by atoms with Crippen LogP contribution in [0.2, 0.25) is 0 Å². The molecule has 0 unspecified atom stereocenters. The molecule has 144 valence electrons. The van der Waals surface area contributed by atoms with Gasteiger partial charge in [-0.15, -0.1) is 0 Å². The highest BCUT2D eigenvalue weighted by Crippen LogP contribution is 2.23. The predicted octanol–water partition coefficient (Wildman–Crippen LogP) is 0.375. The Hall–Kier alpha value is -1.97. The normalized spacial score (nSPS) is 16.2. The summed E-state index contributed by atoms with van der Waals surface area (Å²) in [6.07, 6.45) is 0.930. The molecular weight excluding hydrogens is 356 g/mol. The van der Waals surface area contributed by atoms with E-state index in [1.165, 1.54) is 4.31 Å². The lowest BCUT2D eigenvalue weighted by Crippen LogP contribution is -2.42. The van der Waals surface area contributed by atoms with Gasteiger partial charge in [0.1, 0.15) is 0 Å². The highest BCUT2D eigenvalue weighted by molar-refractivity contribution is 7.89. The van der Waals surface area contributed by atoms with Crippen LogP contribution in [0.15, 0.2) is 24.3 Å². The number of sulfonamides is 1. The molecule has 0 aliphatic carbocycles. The molecule has 26 heavy (non-hydrogen) atoms. The second kappa shape index (κ2) is 9.11. The van der Waals surface area contributed by atoms with Crippen molar-refractivity contribution in [2.75, 3.05) is 37.2 Å². The maximum atomic E-state index is 12.6. The Kier molecular flexibility index (Phi) is 7.13. The average Bonchev–Trinajstić information content (AvgIpc) is 2.66. The third kappa shape index (κ3) is 5.03. The van der Waals surface area contributed by atoms with E-state index in [1.807, 2.05) is 0 Å². The van der Waals surface area contributed by atoms with Crippen molar-refractivity contribution in [3.8, 4) is 0 Å². The maximum Gasteiger partial charge on any atom is 0.253 e. The summed E-state index contributed by atoms with van der Waals surface area (Å²) in [7, 11) is -3.22. The molecular formula is C17H26N4O4S.